The van der Waals surface area contributed by atoms with Gasteiger partial charge in [-0.25, -0.2) is 4.98 Å². The van der Waals surface area contributed by atoms with Gasteiger partial charge in [-0.05, 0) is 5.56 Å². The molecule has 1 heterocycles. The molecular formula is C16H21N5O2. The Hall–Kier alpha value is -2.67. The van der Waals surface area contributed by atoms with Gasteiger partial charge in [-0.1, -0.05) is 30.3 Å². The Kier molecular flexibility index (Phi) is 6.31. The van der Waals surface area contributed by atoms with Crippen LogP contribution in [-0.4, -0.2) is 34.4 Å². The number of nitrogens with two attached hydrogens (primary N) is 1. The highest BCUT2D eigenvalue weighted by molar-refractivity contribution is 5.87. The van der Waals surface area contributed by atoms with Gasteiger partial charge in [0, 0.05) is 37.8 Å². The lowest BCUT2D eigenvalue weighted by atomic mass is 10.1. The molecule has 0 fully saturated rings. The van der Waals surface area contributed by atoms with Crippen molar-refractivity contribution in [1.82, 2.24) is 20.6 Å². The van der Waals surface area contributed by atoms with E-state index in [9.17, 15) is 9.59 Å². The van der Waals surface area contributed by atoms with Gasteiger partial charge in [-0.2, -0.15) is 0 Å². The molecule has 23 heavy (non-hydrogen) atoms. The quantitative estimate of drug-likeness (QED) is 0.553. The van der Waals surface area contributed by atoms with E-state index < -0.39 is 6.04 Å². The first-order chi connectivity index (χ1) is 11.2. The van der Waals surface area contributed by atoms with Gasteiger partial charge < -0.3 is 21.4 Å². The summed E-state index contributed by atoms with van der Waals surface area (Å²) in [6, 6.07) is 8.92. The van der Waals surface area contributed by atoms with E-state index in [2.05, 4.69) is 20.6 Å². The zero-order valence-corrected chi connectivity index (χ0v) is 12.8. The van der Waals surface area contributed by atoms with Crippen molar-refractivity contribution < 1.29 is 9.59 Å². The number of H-pyrrole nitrogens is 1. The lowest BCUT2D eigenvalue weighted by Crippen LogP contribution is -2.48. The SMILES string of the molecule is NCCC(=O)N[C@@H](Cc1cnc[nH]1)C(=O)NCc1ccccc1. The second kappa shape index (κ2) is 8.70. The number of nitrogens with zero attached hydrogens (tertiary/aromatic N) is 1. The average Bonchev–Trinajstić information content (AvgIpc) is 3.06. The molecular weight excluding hydrogens is 294 g/mol. The number of benzene rings is 1. The lowest BCUT2D eigenvalue weighted by molar-refractivity contribution is -0.129. The standard InChI is InChI=1S/C16H21N5O2/c17-7-6-15(22)21-14(8-13-10-18-11-20-13)16(23)19-9-12-4-2-1-3-5-12/h1-5,10-11,14H,6-9,17H2,(H,18,20)(H,19,23)(H,21,22)/t14-/m0/s1. The summed E-state index contributed by atoms with van der Waals surface area (Å²) in [5, 5.41) is 5.55. The number of hydrogen-bond donors (Lipinski definition) is 4. The number of hydrogen-bond acceptors (Lipinski definition) is 4. The molecule has 2 amide bonds. The normalized spacial score (nSPS) is 11.7. The summed E-state index contributed by atoms with van der Waals surface area (Å²) in [7, 11) is 0. The van der Waals surface area contributed by atoms with E-state index in [0.717, 1.165) is 11.3 Å². The van der Waals surface area contributed by atoms with Crippen molar-refractivity contribution in [3.05, 3.63) is 54.1 Å². The highest BCUT2D eigenvalue weighted by atomic mass is 16.2. The fraction of sp³-hybridized carbons (Fsp3) is 0.312. The van der Waals surface area contributed by atoms with E-state index in [0.29, 0.717) is 13.0 Å². The monoisotopic (exact) mass is 315 g/mol. The number of nitrogens with one attached hydrogen (secondary N) is 3. The smallest absolute Gasteiger partial charge is 0.243 e. The molecule has 1 atom stereocenters. The van der Waals surface area contributed by atoms with Gasteiger partial charge in [-0.15, -0.1) is 0 Å². The molecule has 0 saturated carbocycles. The van der Waals surface area contributed by atoms with Gasteiger partial charge in [-0.3, -0.25) is 9.59 Å². The zero-order chi connectivity index (χ0) is 16.5. The third-order valence-electron chi connectivity index (χ3n) is 3.31. The molecule has 2 aromatic rings. The molecule has 1 aromatic carbocycles. The number of carbonyl (C=O) groups is 2. The maximum Gasteiger partial charge on any atom is 0.243 e. The molecule has 0 bridgehead atoms. The molecule has 0 spiro atoms. The second-order valence-electron chi connectivity index (χ2n) is 5.14. The second-order valence-corrected chi connectivity index (χ2v) is 5.14. The predicted molar refractivity (Wildman–Crippen MR) is 86.2 cm³/mol. The molecule has 0 unspecified atom stereocenters. The van der Waals surface area contributed by atoms with Crippen molar-refractivity contribution >= 4 is 11.8 Å². The van der Waals surface area contributed by atoms with E-state index in [-0.39, 0.29) is 24.8 Å². The summed E-state index contributed by atoms with van der Waals surface area (Å²) in [4.78, 5) is 31.0. The third kappa shape index (κ3) is 5.55. The third-order valence-corrected chi connectivity index (χ3v) is 3.31. The first-order valence-electron chi connectivity index (χ1n) is 7.47. The van der Waals surface area contributed by atoms with Crippen molar-refractivity contribution in [2.45, 2.75) is 25.4 Å². The number of rotatable bonds is 8. The average molecular weight is 315 g/mol. The highest BCUT2D eigenvalue weighted by Crippen LogP contribution is 2.02. The fourth-order valence-corrected chi connectivity index (χ4v) is 2.13. The van der Waals surface area contributed by atoms with E-state index >= 15 is 0 Å². The molecule has 7 nitrogen and oxygen atoms in total. The number of aromatic amines is 1. The Labute approximate surface area is 134 Å². The van der Waals surface area contributed by atoms with Crippen molar-refractivity contribution in [3.8, 4) is 0 Å². The van der Waals surface area contributed by atoms with Gasteiger partial charge in [0.1, 0.15) is 6.04 Å². The minimum Gasteiger partial charge on any atom is -0.350 e. The maximum absolute atomic E-state index is 12.4. The molecule has 1 aromatic heterocycles. The Morgan fingerprint density at radius 2 is 2.04 bits per heavy atom. The minimum atomic E-state index is -0.668. The first-order valence-corrected chi connectivity index (χ1v) is 7.47. The predicted octanol–water partition coefficient (Wildman–Crippen LogP) is 0.102. The zero-order valence-electron chi connectivity index (χ0n) is 12.8. The Morgan fingerprint density at radius 1 is 1.26 bits per heavy atom. The van der Waals surface area contributed by atoms with Crippen molar-refractivity contribution in [2.75, 3.05) is 6.54 Å². The molecule has 0 saturated heterocycles. The molecule has 0 aliphatic carbocycles. The van der Waals surface area contributed by atoms with Crippen LogP contribution in [0, 0.1) is 0 Å². The summed E-state index contributed by atoms with van der Waals surface area (Å²) >= 11 is 0. The fourth-order valence-electron chi connectivity index (χ4n) is 2.13. The molecule has 122 valence electrons. The van der Waals surface area contributed by atoms with Crippen LogP contribution in [0.15, 0.2) is 42.9 Å². The number of aromatic nitrogens is 2. The van der Waals surface area contributed by atoms with Gasteiger partial charge >= 0.3 is 0 Å². The minimum absolute atomic E-state index is 0.186. The van der Waals surface area contributed by atoms with E-state index in [1.54, 1.807) is 6.20 Å². The van der Waals surface area contributed by atoms with E-state index in [1.807, 2.05) is 30.3 Å². The molecule has 0 aliphatic heterocycles. The van der Waals surface area contributed by atoms with Gasteiger partial charge in [0.05, 0.1) is 6.33 Å². The van der Waals surface area contributed by atoms with Gasteiger partial charge in [0.15, 0.2) is 0 Å². The van der Waals surface area contributed by atoms with Crippen LogP contribution in [-0.2, 0) is 22.6 Å². The Morgan fingerprint density at radius 3 is 2.70 bits per heavy atom. The first kappa shape index (κ1) is 16.7. The van der Waals surface area contributed by atoms with Crippen LogP contribution in [0.2, 0.25) is 0 Å². The Bertz CT molecular complexity index is 613. The van der Waals surface area contributed by atoms with Gasteiger partial charge in [0.2, 0.25) is 11.8 Å². The summed E-state index contributed by atoms with van der Waals surface area (Å²) < 4.78 is 0. The molecule has 2 rings (SSSR count). The van der Waals surface area contributed by atoms with Crippen LogP contribution in [0.25, 0.3) is 0 Å². The van der Waals surface area contributed by atoms with Crippen molar-refractivity contribution in [1.29, 1.82) is 0 Å². The molecule has 0 radical (unpaired) electrons. The van der Waals surface area contributed by atoms with Crippen LogP contribution in [0.4, 0.5) is 0 Å². The summed E-state index contributed by atoms with van der Waals surface area (Å²) in [5.74, 6) is -0.485. The molecule has 0 aliphatic rings. The summed E-state index contributed by atoms with van der Waals surface area (Å²) in [6.45, 7) is 0.653. The Balaban J connectivity index is 1.96. The molecule has 5 N–H and O–H groups in total. The number of imidazole rings is 1. The van der Waals surface area contributed by atoms with E-state index in [1.165, 1.54) is 6.33 Å². The van der Waals surface area contributed by atoms with Crippen LogP contribution in [0.1, 0.15) is 17.7 Å². The largest absolute Gasteiger partial charge is 0.350 e. The van der Waals surface area contributed by atoms with Crippen LogP contribution < -0.4 is 16.4 Å². The summed E-state index contributed by atoms with van der Waals surface area (Å²) in [6.07, 6.45) is 3.70. The number of amides is 2. The van der Waals surface area contributed by atoms with Crippen LogP contribution in [0.5, 0.6) is 0 Å². The van der Waals surface area contributed by atoms with E-state index in [4.69, 9.17) is 5.73 Å². The summed E-state index contributed by atoms with van der Waals surface area (Å²) in [5.41, 5.74) is 7.15. The van der Waals surface area contributed by atoms with Crippen molar-refractivity contribution in [3.63, 3.8) is 0 Å². The number of carbonyl (C=O) groups excluding carboxylic acids is 2. The van der Waals surface area contributed by atoms with Gasteiger partial charge in [0.25, 0.3) is 0 Å². The van der Waals surface area contributed by atoms with Crippen LogP contribution >= 0.6 is 0 Å². The maximum atomic E-state index is 12.4. The lowest BCUT2D eigenvalue weighted by Gasteiger charge is -2.18. The van der Waals surface area contributed by atoms with Crippen molar-refractivity contribution in [2.24, 2.45) is 5.73 Å². The topological polar surface area (TPSA) is 113 Å². The highest BCUT2D eigenvalue weighted by Gasteiger charge is 2.21. The van der Waals surface area contributed by atoms with Crippen LogP contribution in [0.3, 0.4) is 0 Å². The molecule has 7 heteroatoms.